The van der Waals surface area contributed by atoms with Gasteiger partial charge in [-0.3, -0.25) is 10.9 Å². The van der Waals surface area contributed by atoms with Crippen LogP contribution < -0.4 is 49.3 Å². The Hall–Kier alpha value is -9.31. The Balaban J connectivity index is 0.000000253. The molecule has 0 saturated heterocycles. The third-order valence-electron chi connectivity index (χ3n) is 15.6. The Morgan fingerprint density at radius 2 is 0.637 bits per heavy atom. The van der Waals surface area contributed by atoms with E-state index in [9.17, 15) is 0 Å². The third-order valence-corrected chi connectivity index (χ3v) is 17.2. The second-order valence-electron chi connectivity index (χ2n) is 24.2. The molecule has 12 aromatic rings. The van der Waals surface area contributed by atoms with Crippen molar-refractivity contribution in [3.05, 3.63) is 215 Å². The molecule has 0 aliphatic carbocycles. The summed E-state index contributed by atoms with van der Waals surface area (Å²) >= 11 is 46.4. The van der Waals surface area contributed by atoms with Crippen LogP contribution in [-0.4, -0.2) is 195 Å². The number of nitrogens with two attached hydrogens (primary N) is 3. The quantitative estimate of drug-likeness (QED) is 0.00835. The number of nitrogen functional groups attached to an aromatic ring is 2. The average Bonchev–Trinajstić information content (AvgIpc) is 0.846. The number of rotatable bonds is 31. The number of alkyl halides is 4. The number of nitrogens with one attached hydrogen (secondary N) is 7. The lowest BCUT2D eigenvalue weighted by Gasteiger charge is -2.12. The highest BCUT2D eigenvalue weighted by molar-refractivity contribution is 6.32. The average molecular weight is 1720 g/mol. The van der Waals surface area contributed by atoms with Crippen molar-refractivity contribution in [2.75, 3.05) is 174 Å². The van der Waals surface area contributed by atoms with E-state index in [1.165, 1.54) is 25.3 Å². The third kappa shape index (κ3) is 34.5. The van der Waals surface area contributed by atoms with Crippen molar-refractivity contribution >= 4 is 218 Å². The molecule has 28 nitrogen and oxygen atoms in total. The van der Waals surface area contributed by atoms with E-state index in [2.05, 4.69) is 112 Å². The van der Waals surface area contributed by atoms with Crippen LogP contribution in [0.2, 0.25) is 20.1 Å². The van der Waals surface area contributed by atoms with Crippen molar-refractivity contribution in [2.24, 2.45) is 31.5 Å². The first-order chi connectivity index (χ1) is 53.9. The van der Waals surface area contributed by atoms with Gasteiger partial charge >= 0.3 is 0 Å². The molecule has 12 rings (SSSR count). The molecular formula is C76H91Cl9N27O-. The molecule has 0 radical (unpaired) electrons. The molecule has 4 aromatic heterocycles. The van der Waals surface area contributed by atoms with Gasteiger partial charge in [0.05, 0.1) is 53.1 Å². The van der Waals surface area contributed by atoms with Gasteiger partial charge in [-0.25, -0.2) is 45.4 Å². The number of likely N-dealkylation sites (N-methyl/N-ethyl adjacent to an activating group) is 4. The van der Waals surface area contributed by atoms with Crippen LogP contribution in [0.4, 0.5) is 68.8 Å². The summed E-state index contributed by atoms with van der Waals surface area (Å²) in [5.74, 6) is 5.35. The maximum atomic E-state index is 6.49. The van der Waals surface area contributed by atoms with Crippen LogP contribution in [0.15, 0.2) is 221 Å². The van der Waals surface area contributed by atoms with Gasteiger partial charge < -0.3 is 63.5 Å². The zero-order valence-corrected chi connectivity index (χ0v) is 69.4. The van der Waals surface area contributed by atoms with E-state index in [4.69, 9.17) is 116 Å². The molecule has 37 heteroatoms. The molecule has 0 atom stereocenters. The van der Waals surface area contributed by atoms with E-state index in [-0.39, 0.29) is 17.9 Å². The van der Waals surface area contributed by atoms with Crippen LogP contribution in [0.3, 0.4) is 0 Å². The fourth-order valence-electron chi connectivity index (χ4n) is 9.79. The predicted molar refractivity (Wildman–Crippen MR) is 474 cm³/mol. The molecule has 0 unspecified atom stereocenters. The van der Waals surface area contributed by atoms with Crippen molar-refractivity contribution in [1.29, 1.82) is 5.53 Å². The predicted octanol–water partition coefficient (Wildman–Crippen LogP) is 18.7. The number of benzene rings is 8. The molecule has 0 amide bonds. The Bertz CT molecular complexity index is 4580. The lowest BCUT2D eigenvalue weighted by Crippen LogP contribution is -2.26. The highest BCUT2D eigenvalue weighted by atomic mass is 35.5. The van der Waals surface area contributed by atoms with E-state index >= 15 is 0 Å². The highest BCUT2D eigenvalue weighted by Crippen LogP contribution is 2.31. The molecule has 113 heavy (non-hydrogen) atoms. The minimum Gasteiger partial charge on any atom is -0.870 e. The zero-order chi connectivity index (χ0) is 79.5. The topological polar surface area (TPSA) is 382 Å². The summed E-state index contributed by atoms with van der Waals surface area (Å²) < 4.78 is 0. The molecule has 0 fully saturated rings. The zero-order valence-electron chi connectivity index (χ0n) is 62.5. The maximum Gasteiger partial charge on any atom is 0.141 e. The minimum absolute atomic E-state index is 0. The monoisotopic (exact) mass is 1710 g/mol. The van der Waals surface area contributed by atoms with Gasteiger partial charge in [0.25, 0.3) is 0 Å². The summed E-state index contributed by atoms with van der Waals surface area (Å²) in [5.41, 5.74) is 39.0. The Labute approximate surface area is 703 Å². The van der Waals surface area contributed by atoms with Crippen molar-refractivity contribution in [3.63, 3.8) is 0 Å². The number of nitrogens with zero attached hydrogens (tertiary/aromatic N) is 17. The molecule has 0 spiro atoms. The number of fused-ring (bicyclic) bond motifs is 4. The smallest absolute Gasteiger partial charge is 0.141 e. The first-order valence-electron chi connectivity index (χ1n) is 34.7. The summed E-state index contributed by atoms with van der Waals surface area (Å²) in [7, 11) is 7.98. The van der Waals surface area contributed by atoms with Crippen LogP contribution in [0, 0.1) is 5.53 Å². The molecule has 0 bridgehead atoms. The van der Waals surface area contributed by atoms with Crippen LogP contribution in [0.1, 0.15) is 0 Å². The maximum absolute atomic E-state index is 6.49. The summed E-state index contributed by atoms with van der Waals surface area (Å²) in [6.07, 6.45) is 6.09. The van der Waals surface area contributed by atoms with Gasteiger partial charge in [-0.2, -0.15) is 15.3 Å². The number of hydrogen-bond donors (Lipinski definition) is 10. The second-order valence-corrected chi connectivity index (χ2v) is 27.5. The van der Waals surface area contributed by atoms with E-state index in [1.54, 1.807) is 0 Å². The Morgan fingerprint density at radius 3 is 0.920 bits per heavy atom. The van der Waals surface area contributed by atoms with Gasteiger partial charge in [0, 0.05) is 158 Å². The molecule has 8 aromatic carbocycles. The molecule has 4 heterocycles. The SMILES string of the molecule is CN(CCCl)CCN=N.CN(CCCl)CCN=NNc1ccc2ncnc(Nc3cccc(Cl)c3)c2c1.CN(CCCl)CCN=NNc1ccc2ncnc(Nc3cccc(Cl)c3)c2c1.CN(CCN)CCCl.Cl.Nc1ccc2ncnc(Nc3cccc(Cl)c3)c2c1.Nc1ccc2ncnc(Nc3cccc(Cl)c3)c2c1.[OH-]. The first kappa shape index (κ1) is 94.3. The van der Waals surface area contributed by atoms with Gasteiger partial charge in [-0.05, 0) is 174 Å². The van der Waals surface area contributed by atoms with Crippen LogP contribution in [-0.2, 0) is 0 Å². The van der Waals surface area contributed by atoms with E-state index < -0.39 is 0 Å². The number of hydrogen-bond acceptors (Lipinski definition) is 26. The van der Waals surface area contributed by atoms with Gasteiger partial charge in [-0.15, -0.1) is 58.8 Å². The van der Waals surface area contributed by atoms with Crippen LogP contribution in [0.5, 0.6) is 0 Å². The fourth-order valence-corrected chi connectivity index (χ4v) is 11.7. The second kappa shape index (κ2) is 52.9. The molecule has 0 aliphatic heterocycles. The van der Waals surface area contributed by atoms with Gasteiger partial charge in [0.15, 0.2) is 0 Å². The van der Waals surface area contributed by atoms with Gasteiger partial charge in [0.1, 0.15) is 48.6 Å². The highest BCUT2D eigenvalue weighted by Gasteiger charge is 2.11. The van der Waals surface area contributed by atoms with Crippen LogP contribution >= 0.6 is 105 Å². The largest absolute Gasteiger partial charge is 0.870 e. The van der Waals surface area contributed by atoms with E-state index in [0.29, 0.717) is 104 Å². The molecule has 0 saturated carbocycles. The van der Waals surface area contributed by atoms with Gasteiger partial charge in [-0.1, -0.05) is 81.1 Å². The van der Waals surface area contributed by atoms with E-state index in [0.717, 1.165) is 130 Å². The standard InChI is InChI=1S/2C19H21Cl2N7.2C14H11ClN4.C5H12ClN3.C5H13ClN2.ClH.H2O/c2*1-28(9-7-20)10-8-24-27-26-16-5-6-18-17(12-16)19(23-13-22-18)25-15-4-2-3-14(21)11-15;2*15-9-2-1-3-11(6-9)19-14-12-7-10(16)4-5-13(12)17-8-18-14;1-9(4-2-6)5-3-8-7;1-8(4-2-6)5-3-7;;/h2*2-6,11-13H,7-10H2,1H3,(H,24,26)(H,22,23,25);2*1-8H,16H2,(H,17,18,19);7H,2-5H2,1H3;2-5,7H2,1H3;1H;1H2/p-1. The Kier molecular flexibility index (Phi) is 44.1. The number of aromatic nitrogens is 8. The summed E-state index contributed by atoms with van der Waals surface area (Å²) in [6, 6.07) is 52.4. The van der Waals surface area contributed by atoms with E-state index in [1.807, 2.05) is 203 Å². The van der Waals surface area contributed by atoms with Crippen LogP contribution in [0.25, 0.3) is 43.6 Å². The summed E-state index contributed by atoms with van der Waals surface area (Å²) in [4.78, 5) is 42.6. The fraction of sp³-hybridized carbons (Fsp3) is 0.263. The molecule has 600 valence electrons. The summed E-state index contributed by atoms with van der Waals surface area (Å²) in [6.45, 7) is 9.32. The van der Waals surface area contributed by atoms with Crippen molar-refractivity contribution in [2.45, 2.75) is 0 Å². The molecule has 14 N–H and O–H groups in total. The van der Waals surface area contributed by atoms with Crippen molar-refractivity contribution < 1.29 is 5.48 Å². The minimum atomic E-state index is 0. The molecular weight excluding hydrogens is 1630 g/mol. The number of anilines is 12. The molecule has 0 aliphatic rings. The lowest BCUT2D eigenvalue weighted by atomic mass is 10.2. The summed E-state index contributed by atoms with van der Waals surface area (Å²) in [5, 5.41) is 38.7. The van der Waals surface area contributed by atoms with Gasteiger partial charge in [0.2, 0.25) is 0 Å². The first-order valence-corrected chi connectivity index (χ1v) is 38.4. The lowest BCUT2D eigenvalue weighted by molar-refractivity contribution is 0.362. The Morgan fingerprint density at radius 1 is 0.354 bits per heavy atom. The normalized spacial score (nSPS) is 10.8. The number of halogens is 9. The van der Waals surface area contributed by atoms with Crippen molar-refractivity contribution in [1.82, 2.24) is 59.5 Å². The van der Waals surface area contributed by atoms with Crippen molar-refractivity contribution in [3.8, 4) is 0 Å².